The first-order valence-electron chi connectivity index (χ1n) is 4.27. The number of rotatable bonds is 7. The second-order valence-corrected chi connectivity index (χ2v) is 2.71. The molecular formula is C8H17FN2O2. The Hall–Kier alpha value is -0.680. The molecule has 0 aromatic rings. The molecule has 0 aliphatic heterocycles. The van der Waals surface area contributed by atoms with E-state index in [1.807, 2.05) is 0 Å². The summed E-state index contributed by atoms with van der Waals surface area (Å²) in [6, 6.07) is 0. The highest BCUT2D eigenvalue weighted by molar-refractivity contribution is 5.72. The summed E-state index contributed by atoms with van der Waals surface area (Å²) < 4.78 is 17.8. The first-order chi connectivity index (χ1) is 6.16. The normalized spacial score (nSPS) is 12.5. The molecule has 0 saturated carbocycles. The quantitative estimate of drug-likeness (QED) is 0.544. The molecule has 5 heteroatoms. The monoisotopic (exact) mass is 192 g/mol. The van der Waals surface area contributed by atoms with E-state index in [1.165, 1.54) is 6.92 Å². The number of ether oxygens (including phenoxy) is 1. The summed E-state index contributed by atoms with van der Waals surface area (Å²) in [5, 5.41) is 5.25. The number of halogens is 1. The Morgan fingerprint density at radius 1 is 1.62 bits per heavy atom. The molecule has 78 valence electrons. The third-order valence-corrected chi connectivity index (χ3v) is 1.37. The Labute approximate surface area is 77.8 Å². The molecule has 13 heavy (non-hydrogen) atoms. The Morgan fingerprint density at radius 2 is 2.31 bits per heavy atom. The topological polar surface area (TPSA) is 50.4 Å². The van der Waals surface area contributed by atoms with E-state index in [2.05, 4.69) is 10.6 Å². The Kier molecular flexibility index (Phi) is 7.53. The molecule has 0 aromatic heterocycles. The van der Waals surface area contributed by atoms with Crippen LogP contribution in [0.15, 0.2) is 0 Å². The third kappa shape index (κ3) is 9.23. The van der Waals surface area contributed by atoms with E-state index < -0.39 is 6.17 Å². The van der Waals surface area contributed by atoms with Crippen molar-refractivity contribution < 1.29 is 13.9 Å². The standard InChI is InChI=1S/C8H17FN2O2/c1-7(12)11-5-8(9)6-13-4-3-10-2/h8,10H,3-6H2,1-2H3,(H,11,12). The van der Waals surface area contributed by atoms with Crippen molar-refractivity contribution in [2.45, 2.75) is 13.1 Å². The van der Waals surface area contributed by atoms with Crippen molar-refractivity contribution in [1.82, 2.24) is 10.6 Å². The molecule has 0 fully saturated rings. The maximum atomic E-state index is 12.8. The lowest BCUT2D eigenvalue weighted by molar-refractivity contribution is -0.119. The van der Waals surface area contributed by atoms with Crippen LogP contribution >= 0.6 is 0 Å². The van der Waals surface area contributed by atoms with Gasteiger partial charge in [0.25, 0.3) is 0 Å². The van der Waals surface area contributed by atoms with Crippen molar-refractivity contribution in [2.75, 3.05) is 33.4 Å². The minimum atomic E-state index is -1.12. The van der Waals surface area contributed by atoms with Crippen molar-refractivity contribution in [3.05, 3.63) is 0 Å². The molecule has 0 bridgehead atoms. The zero-order chi connectivity index (χ0) is 10.1. The molecule has 0 aliphatic carbocycles. The fourth-order valence-corrected chi connectivity index (χ4v) is 0.699. The van der Waals surface area contributed by atoms with Crippen LogP contribution in [0.5, 0.6) is 0 Å². The molecule has 1 atom stereocenters. The minimum absolute atomic E-state index is 0.0227. The Bertz CT molecular complexity index is 144. The highest BCUT2D eigenvalue weighted by Gasteiger charge is 2.06. The zero-order valence-corrected chi connectivity index (χ0v) is 8.10. The molecule has 2 N–H and O–H groups in total. The van der Waals surface area contributed by atoms with E-state index in [0.717, 1.165) is 0 Å². The molecule has 0 saturated heterocycles. The smallest absolute Gasteiger partial charge is 0.216 e. The van der Waals surface area contributed by atoms with Gasteiger partial charge in [0, 0.05) is 13.5 Å². The van der Waals surface area contributed by atoms with Gasteiger partial charge in [-0.3, -0.25) is 4.79 Å². The molecular weight excluding hydrogens is 175 g/mol. The Morgan fingerprint density at radius 3 is 2.85 bits per heavy atom. The molecule has 0 aromatic carbocycles. The van der Waals surface area contributed by atoms with E-state index in [-0.39, 0.29) is 19.1 Å². The summed E-state index contributed by atoms with van der Waals surface area (Å²) in [4.78, 5) is 10.4. The van der Waals surface area contributed by atoms with Crippen LogP contribution in [0.4, 0.5) is 4.39 Å². The largest absolute Gasteiger partial charge is 0.377 e. The van der Waals surface area contributed by atoms with E-state index >= 15 is 0 Å². The van der Waals surface area contributed by atoms with Crippen LogP contribution in [0.2, 0.25) is 0 Å². The number of hydrogen-bond acceptors (Lipinski definition) is 3. The van der Waals surface area contributed by atoms with Gasteiger partial charge in [0.2, 0.25) is 5.91 Å². The second-order valence-electron chi connectivity index (χ2n) is 2.71. The molecule has 0 aliphatic rings. The van der Waals surface area contributed by atoms with E-state index in [1.54, 1.807) is 7.05 Å². The highest BCUT2D eigenvalue weighted by atomic mass is 19.1. The first kappa shape index (κ1) is 12.3. The number of likely N-dealkylation sites (N-methyl/N-ethyl adjacent to an activating group) is 1. The fourth-order valence-electron chi connectivity index (χ4n) is 0.699. The fraction of sp³-hybridized carbons (Fsp3) is 0.875. The van der Waals surface area contributed by atoms with Gasteiger partial charge in [-0.25, -0.2) is 4.39 Å². The van der Waals surface area contributed by atoms with E-state index in [4.69, 9.17) is 4.74 Å². The van der Waals surface area contributed by atoms with Gasteiger partial charge in [-0.05, 0) is 7.05 Å². The van der Waals surface area contributed by atoms with Crippen LogP contribution in [0, 0.1) is 0 Å². The lowest BCUT2D eigenvalue weighted by Gasteiger charge is -2.09. The number of carbonyl (C=O) groups excluding carboxylic acids is 1. The summed E-state index contributed by atoms with van der Waals surface area (Å²) >= 11 is 0. The number of amides is 1. The number of carbonyl (C=O) groups is 1. The van der Waals surface area contributed by atoms with Crippen LogP contribution in [0.1, 0.15) is 6.92 Å². The molecule has 1 unspecified atom stereocenters. The van der Waals surface area contributed by atoms with E-state index in [0.29, 0.717) is 13.2 Å². The maximum absolute atomic E-state index is 12.8. The summed E-state index contributed by atoms with van der Waals surface area (Å²) in [7, 11) is 1.80. The first-order valence-corrected chi connectivity index (χ1v) is 4.27. The molecule has 0 radical (unpaired) electrons. The third-order valence-electron chi connectivity index (χ3n) is 1.37. The van der Waals surface area contributed by atoms with Gasteiger partial charge in [-0.15, -0.1) is 0 Å². The van der Waals surface area contributed by atoms with Gasteiger partial charge in [0.05, 0.1) is 19.8 Å². The summed E-state index contributed by atoms with van der Waals surface area (Å²) in [5.74, 6) is -0.224. The van der Waals surface area contributed by atoms with Crippen molar-refractivity contribution in [3.63, 3.8) is 0 Å². The SMILES string of the molecule is CNCCOCC(F)CNC(C)=O. The van der Waals surface area contributed by atoms with Crippen LogP contribution in [-0.2, 0) is 9.53 Å². The van der Waals surface area contributed by atoms with Gasteiger partial charge < -0.3 is 15.4 Å². The van der Waals surface area contributed by atoms with Crippen molar-refractivity contribution in [3.8, 4) is 0 Å². The predicted octanol–water partition coefficient (Wildman–Crippen LogP) is -0.303. The maximum Gasteiger partial charge on any atom is 0.216 e. The van der Waals surface area contributed by atoms with Gasteiger partial charge >= 0.3 is 0 Å². The highest BCUT2D eigenvalue weighted by Crippen LogP contribution is 1.89. The van der Waals surface area contributed by atoms with Crippen LogP contribution in [-0.4, -0.2) is 45.4 Å². The van der Waals surface area contributed by atoms with Gasteiger partial charge in [0.1, 0.15) is 6.17 Å². The predicted molar refractivity (Wildman–Crippen MR) is 48.3 cm³/mol. The molecule has 4 nitrogen and oxygen atoms in total. The Balaban J connectivity index is 3.19. The molecule has 1 amide bonds. The van der Waals surface area contributed by atoms with Crippen molar-refractivity contribution >= 4 is 5.91 Å². The zero-order valence-electron chi connectivity index (χ0n) is 8.10. The number of alkyl halides is 1. The van der Waals surface area contributed by atoms with Crippen LogP contribution in [0.25, 0.3) is 0 Å². The van der Waals surface area contributed by atoms with Crippen LogP contribution < -0.4 is 10.6 Å². The lowest BCUT2D eigenvalue weighted by atomic mass is 10.4. The van der Waals surface area contributed by atoms with Crippen LogP contribution in [0.3, 0.4) is 0 Å². The number of nitrogens with one attached hydrogen (secondary N) is 2. The average Bonchev–Trinajstić information content (AvgIpc) is 2.09. The lowest BCUT2D eigenvalue weighted by Crippen LogP contribution is -2.31. The number of hydrogen-bond donors (Lipinski definition) is 2. The minimum Gasteiger partial charge on any atom is -0.377 e. The van der Waals surface area contributed by atoms with Crippen molar-refractivity contribution in [2.24, 2.45) is 0 Å². The van der Waals surface area contributed by atoms with Gasteiger partial charge in [0.15, 0.2) is 0 Å². The molecule has 0 rings (SSSR count). The van der Waals surface area contributed by atoms with E-state index in [9.17, 15) is 9.18 Å². The molecule has 0 heterocycles. The summed E-state index contributed by atoms with van der Waals surface area (Å²) in [6.07, 6.45) is -1.12. The average molecular weight is 192 g/mol. The van der Waals surface area contributed by atoms with Gasteiger partial charge in [-0.2, -0.15) is 0 Å². The van der Waals surface area contributed by atoms with Crippen molar-refractivity contribution in [1.29, 1.82) is 0 Å². The second kappa shape index (κ2) is 7.94. The van der Waals surface area contributed by atoms with Gasteiger partial charge in [-0.1, -0.05) is 0 Å². The molecule has 0 spiro atoms. The summed E-state index contributed by atoms with van der Waals surface area (Å²) in [5.41, 5.74) is 0. The summed E-state index contributed by atoms with van der Waals surface area (Å²) in [6.45, 7) is 2.59.